The van der Waals surface area contributed by atoms with Gasteiger partial charge in [0.1, 0.15) is 0 Å². The predicted molar refractivity (Wildman–Crippen MR) is 72.9 cm³/mol. The molecule has 0 spiro atoms. The van der Waals surface area contributed by atoms with Gasteiger partial charge in [-0.15, -0.1) is 0 Å². The Morgan fingerprint density at radius 3 is 2.47 bits per heavy atom. The van der Waals surface area contributed by atoms with Gasteiger partial charge in [-0.25, -0.2) is 13.6 Å². The number of nitrogens with zero attached hydrogens (tertiary/aromatic N) is 2. The molecule has 0 aromatic heterocycles. The van der Waals surface area contributed by atoms with Crippen LogP contribution >= 0.6 is 0 Å². The summed E-state index contributed by atoms with van der Waals surface area (Å²) < 4.78 is 22.1. The lowest BCUT2D eigenvalue weighted by Crippen LogP contribution is -2.38. The summed E-state index contributed by atoms with van der Waals surface area (Å²) in [5.41, 5.74) is 0. The van der Waals surface area contributed by atoms with E-state index in [0.29, 0.717) is 18.9 Å². The number of sulfonamides is 1. The van der Waals surface area contributed by atoms with Gasteiger partial charge in [-0.3, -0.25) is 4.79 Å². The van der Waals surface area contributed by atoms with Crippen molar-refractivity contribution in [1.82, 2.24) is 9.80 Å². The van der Waals surface area contributed by atoms with Crippen molar-refractivity contribution in [2.24, 2.45) is 17.0 Å². The van der Waals surface area contributed by atoms with E-state index in [0.717, 1.165) is 32.5 Å². The fourth-order valence-electron chi connectivity index (χ4n) is 3.03. The van der Waals surface area contributed by atoms with E-state index in [1.807, 2.05) is 4.90 Å². The number of carbonyl (C=O) groups is 1. The molecule has 1 amide bonds. The number of hydrogen-bond acceptors (Lipinski definition) is 4. The van der Waals surface area contributed by atoms with Crippen LogP contribution in [-0.2, 0) is 14.8 Å². The fourth-order valence-corrected chi connectivity index (χ4v) is 3.91. The van der Waals surface area contributed by atoms with Gasteiger partial charge in [0.25, 0.3) is 0 Å². The third-order valence-corrected chi connectivity index (χ3v) is 5.02. The molecule has 0 bridgehead atoms. The maximum Gasteiger partial charge on any atom is 0.222 e. The van der Waals surface area contributed by atoms with E-state index in [1.165, 1.54) is 0 Å². The zero-order chi connectivity index (χ0) is 14.0. The van der Waals surface area contributed by atoms with E-state index in [-0.39, 0.29) is 17.6 Å². The van der Waals surface area contributed by atoms with Crippen molar-refractivity contribution in [2.75, 3.05) is 39.0 Å². The smallest absolute Gasteiger partial charge is 0.222 e. The highest BCUT2D eigenvalue weighted by Gasteiger charge is 2.33. The fraction of sp³-hybridized carbons (Fsp3) is 0.917. The normalized spacial score (nSPS) is 27.2. The Hall–Kier alpha value is -0.660. The van der Waals surface area contributed by atoms with E-state index in [9.17, 15) is 13.2 Å². The second kappa shape index (κ2) is 5.76. The lowest BCUT2D eigenvalue weighted by Gasteiger charge is -2.31. The van der Waals surface area contributed by atoms with Crippen LogP contribution in [0.5, 0.6) is 0 Å². The Morgan fingerprint density at radius 1 is 1.26 bits per heavy atom. The van der Waals surface area contributed by atoms with Gasteiger partial charge in [-0.1, -0.05) is 0 Å². The van der Waals surface area contributed by atoms with E-state index >= 15 is 0 Å². The minimum atomic E-state index is -3.48. The molecule has 0 saturated carbocycles. The molecule has 2 N–H and O–H groups in total. The molecular weight excluding hydrogens is 266 g/mol. The van der Waals surface area contributed by atoms with Crippen LogP contribution in [0.3, 0.4) is 0 Å². The Bertz CT molecular complexity index is 430. The van der Waals surface area contributed by atoms with Crippen LogP contribution in [0.1, 0.15) is 19.3 Å². The summed E-state index contributed by atoms with van der Waals surface area (Å²) in [7, 11) is -1.37. The monoisotopic (exact) mass is 289 g/mol. The molecule has 2 aliphatic rings. The summed E-state index contributed by atoms with van der Waals surface area (Å²) in [6, 6.07) is 0. The lowest BCUT2D eigenvalue weighted by molar-refractivity contribution is -0.128. The summed E-state index contributed by atoms with van der Waals surface area (Å²) in [6.45, 7) is 3.47. The molecule has 0 radical (unpaired) electrons. The van der Waals surface area contributed by atoms with Gasteiger partial charge >= 0.3 is 0 Å². The average Bonchev–Trinajstić information content (AvgIpc) is 2.60. The largest absolute Gasteiger partial charge is 0.342 e. The molecule has 110 valence electrons. The summed E-state index contributed by atoms with van der Waals surface area (Å²) in [5.74, 6) is 0.414. The van der Waals surface area contributed by atoms with Gasteiger partial charge < -0.3 is 9.80 Å². The quantitative estimate of drug-likeness (QED) is 0.754. The second-order valence-corrected chi connectivity index (χ2v) is 7.60. The standard InChI is InChI=1S/C12H23N3O3S/c1-14-4-2-10(3-5-14)7-15-8-11(6-12(15)16)9-19(13,17)18/h10-11H,2-9H2,1H3,(H2,13,17,18). The molecule has 2 rings (SSSR count). The Labute approximate surface area is 115 Å². The summed E-state index contributed by atoms with van der Waals surface area (Å²) in [4.78, 5) is 16.0. The van der Waals surface area contributed by atoms with Gasteiger partial charge in [-0.05, 0) is 38.9 Å². The van der Waals surface area contributed by atoms with Crippen molar-refractivity contribution >= 4 is 15.9 Å². The van der Waals surface area contributed by atoms with Crippen molar-refractivity contribution < 1.29 is 13.2 Å². The molecule has 2 heterocycles. The van der Waals surface area contributed by atoms with Crippen LogP contribution in [0, 0.1) is 11.8 Å². The molecule has 0 aromatic rings. The summed E-state index contributed by atoms with van der Waals surface area (Å²) in [5, 5.41) is 5.04. The Balaban J connectivity index is 1.83. The number of amides is 1. The highest BCUT2D eigenvalue weighted by Crippen LogP contribution is 2.23. The zero-order valence-corrected chi connectivity index (χ0v) is 12.2. The van der Waals surface area contributed by atoms with Gasteiger partial charge in [0.15, 0.2) is 0 Å². The van der Waals surface area contributed by atoms with Gasteiger partial charge in [0.05, 0.1) is 5.75 Å². The summed E-state index contributed by atoms with van der Waals surface area (Å²) >= 11 is 0. The number of hydrogen-bond donors (Lipinski definition) is 1. The molecule has 19 heavy (non-hydrogen) atoms. The first-order valence-electron chi connectivity index (χ1n) is 6.80. The third kappa shape index (κ3) is 4.43. The van der Waals surface area contributed by atoms with E-state index in [1.54, 1.807) is 0 Å². The first-order valence-corrected chi connectivity index (χ1v) is 8.52. The van der Waals surface area contributed by atoms with Gasteiger partial charge in [-0.2, -0.15) is 0 Å². The number of carbonyl (C=O) groups excluding carboxylic acids is 1. The van der Waals surface area contributed by atoms with Crippen molar-refractivity contribution in [3.8, 4) is 0 Å². The number of piperidine rings is 1. The van der Waals surface area contributed by atoms with Crippen LogP contribution in [0.2, 0.25) is 0 Å². The molecular formula is C12H23N3O3S. The number of likely N-dealkylation sites (tertiary alicyclic amines) is 2. The third-order valence-electron chi connectivity index (χ3n) is 4.08. The Morgan fingerprint density at radius 2 is 1.89 bits per heavy atom. The summed E-state index contributed by atoms with van der Waals surface area (Å²) in [6.07, 6.45) is 2.54. The van der Waals surface area contributed by atoms with Crippen molar-refractivity contribution in [3.05, 3.63) is 0 Å². The molecule has 0 aliphatic carbocycles. The van der Waals surface area contributed by atoms with E-state index in [2.05, 4.69) is 11.9 Å². The first kappa shape index (κ1) is 14.7. The second-order valence-electron chi connectivity index (χ2n) is 5.95. The topological polar surface area (TPSA) is 83.7 Å². The number of primary sulfonamides is 1. The van der Waals surface area contributed by atoms with Crippen LogP contribution in [0.15, 0.2) is 0 Å². The Kier molecular flexibility index (Phi) is 4.47. The number of rotatable bonds is 4. The molecule has 6 nitrogen and oxygen atoms in total. The molecule has 2 fully saturated rings. The van der Waals surface area contributed by atoms with Crippen LogP contribution in [0.4, 0.5) is 0 Å². The van der Waals surface area contributed by atoms with Crippen LogP contribution in [0.25, 0.3) is 0 Å². The maximum atomic E-state index is 11.9. The van der Waals surface area contributed by atoms with Crippen molar-refractivity contribution in [1.29, 1.82) is 0 Å². The van der Waals surface area contributed by atoms with Gasteiger partial charge in [0, 0.05) is 25.4 Å². The molecule has 0 aromatic carbocycles. The highest BCUT2D eigenvalue weighted by molar-refractivity contribution is 7.89. The van der Waals surface area contributed by atoms with Crippen LogP contribution in [-0.4, -0.2) is 63.1 Å². The SMILES string of the molecule is CN1CCC(CN2CC(CS(N)(=O)=O)CC2=O)CC1. The van der Waals surface area contributed by atoms with Gasteiger partial charge in [0.2, 0.25) is 15.9 Å². The predicted octanol–water partition coefficient (Wildman–Crippen LogP) is -0.535. The molecule has 2 saturated heterocycles. The van der Waals surface area contributed by atoms with Crippen molar-refractivity contribution in [2.45, 2.75) is 19.3 Å². The average molecular weight is 289 g/mol. The molecule has 2 aliphatic heterocycles. The molecule has 1 atom stereocenters. The molecule has 7 heteroatoms. The van der Waals surface area contributed by atoms with E-state index < -0.39 is 10.0 Å². The highest BCUT2D eigenvalue weighted by atomic mass is 32.2. The lowest BCUT2D eigenvalue weighted by atomic mass is 9.97. The number of nitrogens with two attached hydrogens (primary N) is 1. The zero-order valence-electron chi connectivity index (χ0n) is 11.4. The van der Waals surface area contributed by atoms with Crippen molar-refractivity contribution in [3.63, 3.8) is 0 Å². The van der Waals surface area contributed by atoms with E-state index in [4.69, 9.17) is 5.14 Å². The maximum absolute atomic E-state index is 11.9. The van der Waals surface area contributed by atoms with Crippen LogP contribution < -0.4 is 5.14 Å². The first-order chi connectivity index (χ1) is 8.83. The molecule has 1 unspecified atom stereocenters. The minimum Gasteiger partial charge on any atom is -0.342 e. The minimum absolute atomic E-state index is 0.0765.